The van der Waals surface area contributed by atoms with Crippen LogP contribution in [0.5, 0.6) is 0 Å². The highest BCUT2D eigenvalue weighted by Crippen LogP contribution is 2.40. The van der Waals surface area contributed by atoms with Crippen LogP contribution in [0, 0.1) is 17.8 Å². The average molecular weight is 399 g/mol. The molecule has 6 nitrogen and oxygen atoms in total. The zero-order valence-electron chi connectivity index (χ0n) is 17.1. The third-order valence-corrected chi connectivity index (χ3v) is 6.73. The molecule has 2 bridgehead atoms. The van der Waals surface area contributed by atoms with Gasteiger partial charge in [0.2, 0.25) is 0 Å². The second-order valence-electron chi connectivity index (χ2n) is 8.62. The van der Waals surface area contributed by atoms with Crippen molar-refractivity contribution in [1.29, 1.82) is 0 Å². The molecule has 0 spiro atoms. The van der Waals surface area contributed by atoms with Crippen molar-refractivity contribution in [2.75, 3.05) is 31.1 Å². The van der Waals surface area contributed by atoms with E-state index in [0.717, 1.165) is 38.0 Å². The third-order valence-electron chi connectivity index (χ3n) is 6.73. The van der Waals surface area contributed by atoms with Crippen LogP contribution >= 0.6 is 0 Å². The lowest BCUT2D eigenvalue weighted by atomic mass is 9.67. The number of benzene rings is 1. The fourth-order valence-electron chi connectivity index (χ4n) is 5.07. The van der Waals surface area contributed by atoms with Crippen LogP contribution in [0.2, 0.25) is 0 Å². The van der Waals surface area contributed by atoms with Gasteiger partial charge in [0.1, 0.15) is 5.78 Å². The predicted molar refractivity (Wildman–Crippen MR) is 109 cm³/mol. The highest BCUT2D eigenvalue weighted by atomic mass is 16.5. The van der Waals surface area contributed by atoms with Crippen molar-refractivity contribution in [1.82, 2.24) is 4.90 Å². The van der Waals surface area contributed by atoms with Crippen LogP contribution in [-0.2, 0) is 19.1 Å². The SMILES string of the molecule is C[C@@H](OC(=O)C1C[C@H]2CCC[C@@H](C1)C2=O)C(=O)N1CCN(c2ccccc2)CC1. The zero-order valence-corrected chi connectivity index (χ0v) is 17.1. The molecule has 1 aromatic carbocycles. The lowest BCUT2D eigenvalue weighted by Gasteiger charge is -2.38. The van der Waals surface area contributed by atoms with Gasteiger partial charge in [-0.15, -0.1) is 0 Å². The Morgan fingerprint density at radius 2 is 1.62 bits per heavy atom. The Bertz CT molecular complexity index is 741. The van der Waals surface area contributed by atoms with E-state index in [-0.39, 0.29) is 29.6 Å². The first-order valence-electron chi connectivity index (χ1n) is 10.9. The lowest BCUT2D eigenvalue weighted by molar-refractivity contribution is -0.165. The molecule has 29 heavy (non-hydrogen) atoms. The summed E-state index contributed by atoms with van der Waals surface area (Å²) in [6, 6.07) is 10.2. The second kappa shape index (κ2) is 8.56. The molecule has 2 aliphatic carbocycles. The molecule has 0 aromatic heterocycles. The molecule has 2 saturated carbocycles. The summed E-state index contributed by atoms with van der Waals surface area (Å²) in [5.74, 6) is -0.320. The number of ether oxygens (including phenoxy) is 1. The second-order valence-corrected chi connectivity index (χ2v) is 8.62. The van der Waals surface area contributed by atoms with Gasteiger partial charge in [0.15, 0.2) is 6.10 Å². The quantitative estimate of drug-likeness (QED) is 0.730. The fourth-order valence-corrected chi connectivity index (χ4v) is 5.07. The number of piperazine rings is 1. The summed E-state index contributed by atoms with van der Waals surface area (Å²) < 4.78 is 5.56. The van der Waals surface area contributed by atoms with Crippen LogP contribution < -0.4 is 4.90 Å². The number of carbonyl (C=O) groups is 3. The van der Waals surface area contributed by atoms with Crippen LogP contribution in [0.15, 0.2) is 30.3 Å². The van der Waals surface area contributed by atoms with Crippen molar-refractivity contribution in [3.63, 3.8) is 0 Å². The number of fused-ring (bicyclic) bond motifs is 2. The maximum atomic E-state index is 12.8. The number of nitrogens with zero attached hydrogens (tertiary/aromatic N) is 2. The summed E-state index contributed by atoms with van der Waals surface area (Å²) in [5.41, 5.74) is 1.16. The summed E-state index contributed by atoms with van der Waals surface area (Å²) in [6.07, 6.45) is 3.25. The lowest BCUT2D eigenvalue weighted by Crippen LogP contribution is -2.52. The molecule has 1 aliphatic heterocycles. The van der Waals surface area contributed by atoms with Crippen LogP contribution in [0.4, 0.5) is 5.69 Å². The van der Waals surface area contributed by atoms with Gasteiger partial charge in [0.05, 0.1) is 5.92 Å². The largest absolute Gasteiger partial charge is 0.452 e. The van der Waals surface area contributed by atoms with Crippen molar-refractivity contribution in [2.24, 2.45) is 17.8 Å². The van der Waals surface area contributed by atoms with Gasteiger partial charge in [-0.25, -0.2) is 0 Å². The van der Waals surface area contributed by atoms with Crippen molar-refractivity contribution < 1.29 is 19.1 Å². The summed E-state index contributed by atoms with van der Waals surface area (Å²) in [7, 11) is 0. The Morgan fingerprint density at radius 1 is 1.00 bits per heavy atom. The highest BCUT2D eigenvalue weighted by Gasteiger charge is 2.42. The van der Waals surface area contributed by atoms with Gasteiger partial charge in [0, 0.05) is 43.7 Å². The van der Waals surface area contributed by atoms with Crippen molar-refractivity contribution >= 4 is 23.3 Å². The molecular formula is C23H30N2O4. The summed E-state index contributed by atoms with van der Waals surface area (Å²) in [4.78, 5) is 41.7. The van der Waals surface area contributed by atoms with Gasteiger partial charge >= 0.3 is 5.97 Å². The Balaban J connectivity index is 1.27. The van der Waals surface area contributed by atoms with E-state index in [1.54, 1.807) is 11.8 Å². The molecule has 0 N–H and O–H groups in total. The third kappa shape index (κ3) is 4.31. The number of rotatable bonds is 4. The molecule has 1 heterocycles. The van der Waals surface area contributed by atoms with Crippen LogP contribution in [0.3, 0.4) is 0 Å². The van der Waals surface area contributed by atoms with E-state index in [1.165, 1.54) is 0 Å². The molecule has 3 aliphatic rings. The van der Waals surface area contributed by atoms with E-state index in [9.17, 15) is 14.4 Å². The molecule has 1 aromatic rings. The topological polar surface area (TPSA) is 66.9 Å². The minimum absolute atomic E-state index is 0.0112. The number of amides is 1. The van der Waals surface area contributed by atoms with E-state index in [4.69, 9.17) is 4.74 Å². The summed E-state index contributed by atoms with van der Waals surface area (Å²) in [6.45, 7) is 4.45. The summed E-state index contributed by atoms with van der Waals surface area (Å²) >= 11 is 0. The Kier molecular flexibility index (Phi) is 5.88. The van der Waals surface area contributed by atoms with Crippen molar-refractivity contribution in [2.45, 2.75) is 45.1 Å². The molecule has 1 saturated heterocycles. The molecule has 3 fully saturated rings. The normalized spacial score (nSPS) is 28.0. The minimum Gasteiger partial charge on any atom is -0.452 e. The highest BCUT2D eigenvalue weighted by molar-refractivity contribution is 5.88. The first-order valence-corrected chi connectivity index (χ1v) is 10.9. The zero-order chi connectivity index (χ0) is 20.4. The Labute approximate surface area is 172 Å². The number of esters is 1. The van der Waals surface area contributed by atoms with Gasteiger partial charge < -0.3 is 14.5 Å². The number of ketones is 1. The molecular weight excluding hydrogens is 368 g/mol. The maximum absolute atomic E-state index is 12.8. The van der Waals surface area contributed by atoms with Gasteiger partial charge in [-0.1, -0.05) is 24.6 Å². The van der Waals surface area contributed by atoms with Crippen molar-refractivity contribution in [3.05, 3.63) is 30.3 Å². The predicted octanol–water partition coefficient (Wildman–Crippen LogP) is 2.66. The molecule has 1 amide bonds. The van der Waals surface area contributed by atoms with E-state index >= 15 is 0 Å². The van der Waals surface area contributed by atoms with E-state index < -0.39 is 6.10 Å². The molecule has 6 heteroatoms. The fraction of sp³-hybridized carbons (Fsp3) is 0.609. The number of Topliss-reactive ketones (excluding diaryl/α,β-unsaturated/α-hetero) is 1. The van der Waals surface area contributed by atoms with Crippen LogP contribution in [0.25, 0.3) is 0 Å². The molecule has 4 atom stereocenters. The van der Waals surface area contributed by atoms with Crippen LogP contribution in [-0.4, -0.2) is 54.8 Å². The smallest absolute Gasteiger partial charge is 0.309 e. The standard InChI is InChI=1S/C23H30N2O4/c1-16(29-23(28)19-14-17-6-5-7-18(15-19)21(17)26)22(27)25-12-10-24(11-13-25)20-8-3-2-4-9-20/h2-4,8-9,16-19H,5-7,10-15H2,1H3/t16-,17-,18+,19?/m1/s1. The van der Waals surface area contributed by atoms with Crippen LogP contribution in [0.1, 0.15) is 39.0 Å². The molecule has 1 unspecified atom stereocenters. The Hall–Kier alpha value is -2.37. The summed E-state index contributed by atoms with van der Waals surface area (Å²) in [5, 5.41) is 0. The maximum Gasteiger partial charge on any atom is 0.309 e. The van der Waals surface area contributed by atoms with Crippen molar-refractivity contribution in [3.8, 4) is 0 Å². The van der Waals surface area contributed by atoms with Gasteiger partial charge in [-0.05, 0) is 44.7 Å². The molecule has 0 radical (unpaired) electrons. The molecule has 156 valence electrons. The van der Waals surface area contributed by atoms with Gasteiger partial charge in [-0.2, -0.15) is 0 Å². The number of anilines is 1. The van der Waals surface area contributed by atoms with E-state index in [1.807, 2.05) is 18.2 Å². The van der Waals surface area contributed by atoms with Gasteiger partial charge in [-0.3, -0.25) is 14.4 Å². The minimum atomic E-state index is -0.775. The average Bonchev–Trinajstić information content (AvgIpc) is 2.73. The number of carbonyl (C=O) groups excluding carboxylic acids is 3. The number of para-hydroxylation sites is 1. The molecule has 4 rings (SSSR count). The number of hydrogen-bond acceptors (Lipinski definition) is 5. The number of hydrogen-bond donors (Lipinski definition) is 0. The van der Waals surface area contributed by atoms with Gasteiger partial charge in [0.25, 0.3) is 5.91 Å². The Morgan fingerprint density at radius 3 is 2.24 bits per heavy atom. The first-order chi connectivity index (χ1) is 14.0. The van der Waals surface area contributed by atoms with E-state index in [2.05, 4.69) is 17.0 Å². The first kappa shape index (κ1) is 19.9. The van der Waals surface area contributed by atoms with E-state index in [0.29, 0.717) is 31.7 Å². The monoisotopic (exact) mass is 398 g/mol.